The van der Waals surface area contributed by atoms with Crippen LogP contribution < -0.4 is 10.1 Å². The van der Waals surface area contributed by atoms with Crippen molar-refractivity contribution in [1.82, 2.24) is 20.5 Å². The Morgan fingerprint density at radius 3 is 2.77 bits per heavy atom. The molecule has 8 heteroatoms. The number of aromatic nitrogens is 2. The molecule has 1 aromatic heterocycles. The van der Waals surface area contributed by atoms with Crippen LogP contribution in [-0.2, 0) is 0 Å². The first kappa shape index (κ1) is 13.3. The number of nitrogens with one attached hydrogen (secondary N) is 1. The molecule has 1 fully saturated rings. The number of fused-ring (bicyclic) bond motifs is 2. The molecule has 1 aromatic carbocycles. The molecule has 0 spiro atoms. The SMILES string of the molecule is CC1(C)Oc2cc3nonc3cc2C(N2CCNC2=O)C1O. The van der Waals surface area contributed by atoms with Gasteiger partial charge in [-0.1, -0.05) is 0 Å². The maximum atomic E-state index is 12.1. The van der Waals surface area contributed by atoms with Gasteiger partial charge in [0.15, 0.2) is 0 Å². The monoisotopic (exact) mass is 304 g/mol. The molecule has 1 saturated heterocycles. The number of hydrogen-bond donors (Lipinski definition) is 2. The number of benzene rings is 1. The van der Waals surface area contributed by atoms with Gasteiger partial charge in [0.1, 0.15) is 28.5 Å². The van der Waals surface area contributed by atoms with Crippen molar-refractivity contribution >= 4 is 17.1 Å². The van der Waals surface area contributed by atoms with Crippen LogP contribution in [0.3, 0.4) is 0 Å². The molecule has 2 unspecified atom stereocenters. The highest BCUT2D eigenvalue weighted by atomic mass is 16.6. The van der Waals surface area contributed by atoms with E-state index in [1.54, 1.807) is 30.9 Å². The standard InChI is InChI=1S/C14H16N4O4/c1-14(2)12(19)11(18-4-3-15-13(18)20)7-5-8-9(17-22-16-8)6-10(7)21-14/h5-6,11-12,19H,3-4H2,1-2H3,(H,15,20). The third-order valence-electron chi connectivity index (χ3n) is 4.31. The normalized spacial score (nSPS) is 26.7. The number of rotatable bonds is 1. The molecule has 8 nitrogen and oxygen atoms in total. The predicted octanol–water partition coefficient (Wildman–Crippen LogP) is 0.821. The Morgan fingerprint density at radius 1 is 1.36 bits per heavy atom. The summed E-state index contributed by atoms with van der Waals surface area (Å²) in [5.74, 6) is 0.586. The highest BCUT2D eigenvalue weighted by Gasteiger charge is 2.47. The Hall–Kier alpha value is -2.35. The van der Waals surface area contributed by atoms with E-state index in [1.807, 2.05) is 0 Å². The number of hydrogen-bond acceptors (Lipinski definition) is 6. The summed E-state index contributed by atoms with van der Waals surface area (Å²) in [4.78, 5) is 13.7. The van der Waals surface area contributed by atoms with Crippen LogP contribution >= 0.6 is 0 Å². The van der Waals surface area contributed by atoms with Gasteiger partial charge in [0, 0.05) is 24.7 Å². The van der Waals surface area contributed by atoms with Crippen LogP contribution in [0.25, 0.3) is 11.0 Å². The van der Waals surface area contributed by atoms with Gasteiger partial charge < -0.3 is 20.1 Å². The molecule has 0 aliphatic carbocycles. The van der Waals surface area contributed by atoms with Gasteiger partial charge in [-0.2, -0.15) is 0 Å². The zero-order chi connectivity index (χ0) is 15.5. The van der Waals surface area contributed by atoms with Crippen molar-refractivity contribution in [2.45, 2.75) is 31.6 Å². The van der Waals surface area contributed by atoms with E-state index in [9.17, 15) is 9.90 Å². The van der Waals surface area contributed by atoms with Crippen LogP contribution in [0.5, 0.6) is 5.75 Å². The Bertz CT molecular complexity index is 756. The molecule has 2 N–H and O–H groups in total. The summed E-state index contributed by atoms with van der Waals surface area (Å²) >= 11 is 0. The zero-order valence-electron chi connectivity index (χ0n) is 12.2. The van der Waals surface area contributed by atoms with Crippen LogP contribution in [-0.4, -0.2) is 51.1 Å². The lowest BCUT2D eigenvalue weighted by molar-refractivity contribution is -0.0822. The number of carbonyl (C=O) groups is 1. The van der Waals surface area contributed by atoms with E-state index in [2.05, 4.69) is 15.6 Å². The highest BCUT2D eigenvalue weighted by molar-refractivity contribution is 5.80. The quantitative estimate of drug-likeness (QED) is 0.809. The molecular formula is C14H16N4O4. The van der Waals surface area contributed by atoms with Crippen LogP contribution in [0, 0.1) is 0 Å². The highest BCUT2D eigenvalue weighted by Crippen LogP contribution is 2.44. The average Bonchev–Trinajstić information content (AvgIpc) is 3.07. The lowest BCUT2D eigenvalue weighted by Gasteiger charge is -2.44. The first-order valence-electron chi connectivity index (χ1n) is 7.15. The van der Waals surface area contributed by atoms with E-state index in [-0.39, 0.29) is 6.03 Å². The van der Waals surface area contributed by atoms with E-state index in [4.69, 9.17) is 9.37 Å². The van der Waals surface area contributed by atoms with Gasteiger partial charge in [0.25, 0.3) is 0 Å². The molecule has 0 bridgehead atoms. The number of ether oxygens (including phenoxy) is 1. The molecule has 2 aliphatic rings. The van der Waals surface area contributed by atoms with Crippen LogP contribution in [0.4, 0.5) is 4.79 Å². The second kappa shape index (κ2) is 4.33. The Kier molecular flexibility index (Phi) is 2.62. The summed E-state index contributed by atoms with van der Waals surface area (Å²) in [6, 6.07) is 2.81. The third-order valence-corrected chi connectivity index (χ3v) is 4.31. The Morgan fingerprint density at radius 2 is 2.09 bits per heavy atom. The first-order chi connectivity index (χ1) is 10.5. The van der Waals surface area contributed by atoms with Gasteiger partial charge in [0.2, 0.25) is 0 Å². The van der Waals surface area contributed by atoms with Crippen molar-refractivity contribution in [3.8, 4) is 5.75 Å². The number of urea groups is 1. The number of carbonyl (C=O) groups excluding carboxylic acids is 1. The first-order valence-corrected chi connectivity index (χ1v) is 7.15. The van der Waals surface area contributed by atoms with E-state index in [0.29, 0.717) is 35.4 Å². The van der Waals surface area contributed by atoms with Gasteiger partial charge in [0.05, 0.1) is 6.04 Å². The molecule has 2 amide bonds. The smallest absolute Gasteiger partial charge is 0.318 e. The zero-order valence-corrected chi connectivity index (χ0v) is 12.2. The largest absolute Gasteiger partial charge is 0.485 e. The van der Waals surface area contributed by atoms with Gasteiger partial charge >= 0.3 is 6.03 Å². The van der Waals surface area contributed by atoms with Crippen LogP contribution in [0.15, 0.2) is 16.8 Å². The van der Waals surface area contributed by atoms with Crippen LogP contribution in [0.2, 0.25) is 0 Å². The average molecular weight is 304 g/mol. The van der Waals surface area contributed by atoms with Crippen molar-refractivity contribution in [2.75, 3.05) is 13.1 Å². The van der Waals surface area contributed by atoms with E-state index in [1.165, 1.54) is 0 Å². The Labute approximate surface area is 126 Å². The van der Waals surface area contributed by atoms with Crippen molar-refractivity contribution in [3.63, 3.8) is 0 Å². The number of aliphatic hydroxyl groups is 1. The van der Waals surface area contributed by atoms with Gasteiger partial charge in [-0.25, -0.2) is 9.42 Å². The fourth-order valence-electron chi connectivity index (χ4n) is 3.13. The van der Waals surface area contributed by atoms with Gasteiger partial charge in [-0.3, -0.25) is 0 Å². The maximum Gasteiger partial charge on any atom is 0.318 e. The van der Waals surface area contributed by atoms with Gasteiger partial charge in [-0.05, 0) is 30.2 Å². The summed E-state index contributed by atoms with van der Waals surface area (Å²) < 4.78 is 10.7. The molecule has 0 saturated carbocycles. The molecule has 4 rings (SSSR count). The lowest BCUT2D eigenvalue weighted by Crippen LogP contribution is -2.54. The second-order valence-corrected chi connectivity index (χ2v) is 6.16. The summed E-state index contributed by atoms with van der Waals surface area (Å²) in [6.07, 6.45) is -0.860. The van der Waals surface area contributed by atoms with E-state index in [0.717, 1.165) is 0 Å². The number of amides is 2. The fourth-order valence-corrected chi connectivity index (χ4v) is 3.13. The number of nitrogens with zero attached hydrogens (tertiary/aromatic N) is 3. The maximum absolute atomic E-state index is 12.1. The summed E-state index contributed by atoms with van der Waals surface area (Å²) in [5.41, 5.74) is 1.03. The second-order valence-electron chi connectivity index (χ2n) is 6.16. The Balaban J connectivity index is 1.90. The van der Waals surface area contributed by atoms with Gasteiger partial charge in [-0.15, -0.1) is 0 Å². The topological polar surface area (TPSA) is 101 Å². The molecule has 2 aromatic rings. The van der Waals surface area contributed by atoms with Crippen molar-refractivity contribution in [2.24, 2.45) is 0 Å². The molecule has 2 aliphatic heterocycles. The van der Waals surface area contributed by atoms with E-state index >= 15 is 0 Å². The molecule has 0 radical (unpaired) electrons. The molecule has 3 heterocycles. The molecule has 116 valence electrons. The minimum atomic E-state index is -0.860. The molecular weight excluding hydrogens is 288 g/mol. The predicted molar refractivity (Wildman–Crippen MR) is 75.4 cm³/mol. The van der Waals surface area contributed by atoms with Crippen molar-refractivity contribution in [3.05, 3.63) is 17.7 Å². The summed E-state index contributed by atoms with van der Waals surface area (Å²) in [6.45, 7) is 4.69. The summed E-state index contributed by atoms with van der Waals surface area (Å²) in [7, 11) is 0. The van der Waals surface area contributed by atoms with Crippen molar-refractivity contribution in [1.29, 1.82) is 0 Å². The molecule has 2 atom stereocenters. The third kappa shape index (κ3) is 1.77. The van der Waals surface area contributed by atoms with Crippen molar-refractivity contribution < 1.29 is 19.3 Å². The fraction of sp³-hybridized carbons (Fsp3) is 0.500. The lowest BCUT2D eigenvalue weighted by atomic mass is 9.85. The molecule has 22 heavy (non-hydrogen) atoms. The minimum Gasteiger partial charge on any atom is -0.485 e. The number of aliphatic hydroxyl groups excluding tert-OH is 1. The summed E-state index contributed by atoms with van der Waals surface area (Å²) in [5, 5.41) is 21.1. The minimum absolute atomic E-state index is 0.189. The van der Waals surface area contributed by atoms with E-state index < -0.39 is 17.7 Å². The van der Waals surface area contributed by atoms with Crippen LogP contribution in [0.1, 0.15) is 25.5 Å².